The van der Waals surface area contributed by atoms with Crippen LogP contribution >= 0.6 is 0 Å². The fraction of sp³-hybridized carbons (Fsp3) is 0.636. The number of carboxylic acids is 1. The number of benzene rings is 1. The second-order valence-electron chi connectivity index (χ2n) is 8.58. The molecule has 2 N–H and O–H groups in total. The predicted molar refractivity (Wildman–Crippen MR) is 111 cm³/mol. The molecule has 2 atom stereocenters. The average Bonchev–Trinajstić information content (AvgIpc) is 2.63. The van der Waals surface area contributed by atoms with Crippen LogP contribution in [-0.4, -0.2) is 47.0 Å². The van der Waals surface area contributed by atoms with Crippen molar-refractivity contribution in [3.63, 3.8) is 0 Å². The number of alkyl carbamates (subject to hydrolysis) is 1. The lowest BCUT2D eigenvalue weighted by molar-refractivity contribution is -0.152. The molecule has 1 saturated heterocycles. The van der Waals surface area contributed by atoms with Gasteiger partial charge in [-0.15, -0.1) is 0 Å². The number of ether oxygens (including phenoxy) is 2. The number of carbonyl (C=O) groups is 2. The first-order valence-corrected chi connectivity index (χ1v) is 10.2. The van der Waals surface area contributed by atoms with Crippen LogP contribution in [0.25, 0.3) is 0 Å². The van der Waals surface area contributed by atoms with Crippen molar-refractivity contribution in [2.75, 3.05) is 13.7 Å². The van der Waals surface area contributed by atoms with Gasteiger partial charge in [0.15, 0.2) is 0 Å². The van der Waals surface area contributed by atoms with Crippen LogP contribution in [0.5, 0.6) is 5.75 Å². The summed E-state index contributed by atoms with van der Waals surface area (Å²) in [5.41, 5.74) is -0.629. The van der Waals surface area contributed by atoms with E-state index in [0.717, 1.165) is 24.2 Å². The SMILES string of the molecule is CCC(C(=O)O)C1(NC(=O)OC(C)(C)C)CCCCN1Cc1ccc(OC)cc1. The Kier molecular flexibility index (Phi) is 7.52. The number of likely N-dealkylation sites (tertiary alicyclic amines) is 1. The number of piperidine rings is 1. The third-order valence-electron chi connectivity index (χ3n) is 5.33. The van der Waals surface area contributed by atoms with Crippen LogP contribution < -0.4 is 10.1 Å². The normalized spacial score (nSPS) is 21.3. The van der Waals surface area contributed by atoms with Gasteiger partial charge >= 0.3 is 12.1 Å². The Hall–Kier alpha value is -2.28. The van der Waals surface area contributed by atoms with Gasteiger partial charge in [0.05, 0.1) is 13.0 Å². The minimum absolute atomic E-state index is 0.407. The van der Waals surface area contributed by atoms with Gasteiger partial charge < -0.3 is 19.9 Å². The number of methoxy groups -OCH3 is 1. The number of hydrogen-bond donors (Lipinski definition) is 2. The smallest absolute Gasteiger partial charge is 0.409 e. The number of hydrogen-bond acceptors (Lipinski definition) is 5. The summed E-state index contributed by atoms with van der Waals surface area (Å²) < 4.78 is 10.7. The van der Waals surface area contributed by atoms with Gasteiger partial charge in [-0.3, -0.25) is 9.69 Å². The molecule has 7 nitrogen and oxygen atoms in total. The van der Waals surface area contributed by atoms with Gasteiger partial charge in [-0.05, 0) is 64.2 Å². The molecular formula is C22H34N2O5. The fourth-order valence-electron chi connectivity index (χ4n) is 4.05. The maximum Gasteiger partial charge on any atom is 0.409 e. The van der Waals surface area contributed by atoms with E-state index in [2.05, 4.69) is 10.2 Å². The Bertz CT molecular complexity index is 698. The highest BCUT2D eigenvalue weighted by molar-refractivity contribution is 5.75. The zero-order valence-electron chi connectivity index (χ0n) is 18.2. The minimum atomic E-state index is -0.999. The molecule has 2 unspecified atom stereocenters. The largest absolute Gasteiger partial charge is 0.497 e. The maximum absolute atomic E-state index is 12.7. The molecule has 0 saturated carbocycles. The molecule has 0 bridgehead atoms. The molecule has 1 aliphatic heterocycles. The van der Waals surface area contributed by atoms with E-state index in [1.54, 1.807) is 27.9 Å². The van der Waals surface area contributed by atoms with Crippen molar-refractivity contribution in [1.29, 1.82) is 0 Å². The zero-order valence-corrected chi connectivity index (χ0v) is 18.2. The Morgan fingerprint density at radius 2 is 1.90 bits per heavy atom. The highest BCUT2D eigenvalue weighted by atomic mass is 16.6. The molecule has 162 valence electrons. The molecule has 0 radical (unpaired) electrons. The molecule has 0 spiro atoms. The zero-order chi connectivity index (χ0) is 21.7. The molecule has 29 heavy (non-hydrogen) atoms. The number of amides is 1. The standard InChI is InChI=1S/C22H34N2O5/c1-6-18(19(25)26)22(23-20(27)29-21(2,3)4)13-7-8-14-24(22)15-16-9-11-17(28-5)12-10-16/h9-12,18H,6-8,13-15H2,1-5H3,(H,23,27)(H,25,26). The van der Waals surface area contributed by atoms with Gasteiger partial charge in [-0.25, -0.2) is 4.79 Å². The third kappa shape index (κ3) is 5.85. The first-order valence-electron chi connectivity index (χ1n) is 10.2. The van der Waals surface area contributed by atoms with Gasteiger partial charge in [-0.2, -0.15) is 0 Å². The van der Waals surface area contributed by atoms with Crippen molar-refractivity contribution in [3.05, 3.63) is 29.8 Å². The predicted octanol–water partition coefficient (Wildman–Crippen LogP) is 4.01. The highest BCUT2D eigenvalue weighted by Gasteiger charge is 2.49. The molecule has 1 heterocycles. The Morgan fingerprint density at radius 3 is 2.41 bits per heavy atom. The summed E-state index contributed by atoms with van der Waals surface area (Å²) in [6, 6.07) is 7.70. The van der Waals surface area contributed by atoms with Crippen LogP contribution in [0.1, 0.15) is 58.9 Å². The highest BCUT2D eigenvalue weighted by Crippen LogP contribution is 2.36. The average molecular weight is 407 g/mol. The van der Waals surface area contributed by atoms with Crippen molar-refractivity contribution in [1.82, 2.24) is 10.2 Å². The summed E-state index contributed by atoms with van der Waals surface area (Å²) in [7, 11) is 1.62. The monoisotopic (exact) mass is 406 g/mol. The quantitative estimate of drug-likeness (QED) is 0.711. The lowest BCUT2D eigenvalue weighted by atomic mass is 9.81. The van der Waals surface area contributed by atoms with Crippen molar-refractivity contribution >= 4 is 12.1 Å². The number of carbonyl (C=O) groups excluding carboxylic acids is 1. The van der Waals surface area contributed by atoms with Gasteiger partial charge in [-0.1, -0.05) is 19.1 Å². The molecule has 1 fully saturated rings. The third-order valence-corrected chi connectivity index (χ3v) is 5.33. The second-order valence-corrected chi connectivity index (χ2v) is 8.58. The summed E-state index contributed by atoms with van der Waals surface area (Å²) in [5, 5.41) is 12.9. The van der Waals surface area contributed by atoms with E-state index >= 15 is 0 Å². The summed E-state index contributed by atoms with van der Waals surface area (Å²) in [6.07, 6.45) is 2.18. The van der Waals surface area contributed by atoms with Crippen LogP contribution in [0.2, 0.25) is 0 Å². The van der Waals surface area contributed by atoms with Crippen molar-refractivity contribution < 1.29 is 24.2 Å². The number of nitrogens with one attached hydrogen (secondary N) is 1. The van der Waals surface area contributed by atoms with E-state index in [-0.39, 0.29) is 0 Å². The van der Waals surface area contributed by atoms with E-state index in [1.807, 2.05) is 31.2 Å². The molecule has 0 aliphatic carbocycles. The lowest BCUT2D eigenvalue weighted by Gasteiger charge is -2.50. The molecular weight excluding hydrogens is 372 g/mol. The van der Waals surface area contributed by atoms with Crippen LogP contribution in [-0.2, 0) is 16.1 Å². The summed E-state index contributed by atoms with van der Waals surface area (Å²) in [4.78, 5) is 26.9. The van der Waals surface area contributed by atoms with Crippen molar-refractivity contribution in [3.8, 4) is 5.75 Å². The lowest BCUT2D eigenvalue weighted by Crippen LogP contribution is -2.68. The van der Waals surface area contributed by atoms with Crippen molar-refractivity contribution in [2.45, 2.75) is 71.2 Å². The van der Waals surface area contributed by atoms with Gasteiger partial charge in [0.2, 0.25) is 0 Å². The van der Waals surface area contributed by atoms with Crippen molar-refractivity contribution in [2.24, 2.45) is 5.92 Å². The van der Waals surface area contributed by atoms with Gasteiger partial charge in [0.1, 0.15) is 17.0 Å². The van der Waals surface area contributed by atoms with Crippen LogP contribution in [0.4, 0.5) is 4.79 Å². The second kappa shape index (κ2) is 9.48. The first-order chi connectivity index (χ1) is 13.6. The number of aliphatic carboxylic acids is 1. The molecule has 7 heteroatoms. The number of rotatable bonds is 7. The molecule has 1 aromatic carbocycles. The minimum Gasteiger partial charge on any atom is -0.497 e. The summed E-state index contributed by atoms with van der Waals surface area (Å²) in [6.45, 7) is 8.46. The summed E-state index contributed by atoms with van der Waals surface area (Å²) in [5.74, 6) is -0.888. The fourth-order valence-corrected chi connectivity index (χ4v) is 4.05. The van der Waals surface area contributed by atoms with E-state index in [0.29, 0.717) is 25.9 Å². The molecule has 2 rings (SSSR count). The van der Waals surface area contributed by atoms with Crippen LogP contribution in [0.15, 0.2) is 24.3 Å². The van der Waals surface area contributed by atoms with E-state index in [9.17, 15) is 14.7 Å². The maximum atomic E-state index is 12.7. The topological polar surface area (TPSA) is 88.1 Å². The number of carboxylic acid groups (broad SMARTS) is 1. The molecule has 0 aromatic heterocycles. The number of nitrogens with zero attached hydrogens (tertiary/aromatic N) is 1. The van der Waals surface area contributed by atoms with E-state index in [1.165, 1.54) is 0 Å². The van der Waals surface area contributed by atoms with Gasteiger partial charge in [0.25, 0.3) is 0 Å². The van der Waals surface area contributed by atoms with Crippen LogP contribution in [0.3, 0.4) is 0 Å². The molecule has 1 aromatic rings. The van der Waals surface area contributed by atoms with E-state index in [4.69, 9.17) is 9.47 Å². The Balaban J connectivity index is 2.37. The molecule has 1 aliphatic rings. The Labute approximate surface area is 173 Å². The Morgan fingerprint density at radius 1 is 1.24 bits per heavy atom. The summed E-state index contributed by atoms with van der Waals surface area (Å²) >= 11 is 0. The van der Waals surface area contributed by atoms with Crippen LogP contribution in [0, 0.1) is 5.92 Å². The molecule has 1 amide bonds. The first kappa shape index (κ1) is 23.0. The van der Waals surface area contributed by atoms with Gasteiger partial charge in [0, 0.05) is 13.1 Å². The van der Waals surface area contributed by atoms with E-state index < -0.39 is 29.2 Å².